The Balaban J connectivity index is 4.40. The highest BCUT2D eigenvalue weighted by Crippen LogP contribution is 2.07. The number of hydrogen-bond donors (Lipinski definition) is 0. The van der Waals surface area contributed by atoms with Crippen LogP contribution in [-0.4, -0.2) is 37.9 Å². The molecule has 0 amide bonds. The van der Waals surface area contributed by atoms with Crippen molar-refractivity contribution in [3.8, 4) is 0 Å². The number of methoxy groups -OCH3 is 1. The number of ketones is 1. The van der Waals surface area contributed by atoms with E-state index in [1.807, 2.05) is 14.1 Å². The summed E-state index contributed by atoms with van der Waals surface area (Å²) in [4.78, 5) is 24.3. The van der Waals surface area contributed by atoms with E-state index >= 15 is 0 Å². The lowest BCUT2D eigenvalue weighted by atomic mass is 10.0. The molecular formula is C10H17NO3. The van der Waals surface area contributed by atoms with Crippen molar-refractivity contribution in [1.29, 1.82) is 0 Å². The highest BCUT2D eigenvalue weighted by atomic mass is 16.5. The highest BCUT2D eigenvalue weighted by molar-refractivity contribution is 6.04. The van der Waals surface area contributed by atoms with Crippen molar-refractivity contribution in [3.05, 3.63) is 12.3 Å². The Morgan fingerprint density at radius 2 is 2.00 bits per heavy atom. The molecule has 1 atom stereocenters. The Hall–Kier alpha value is -1.32. The smallest absolute Gasteiger partial charge is 0.316 e. The van der Waals surface area contributed by atoms with Gasteiger partial charge in [0.15, 0.2) is 5.78 Å². The number of rotatable bonds is 5. The number of carbonyl (C=O) groups excluding carboxylic acids is 2. The molecule has 0 fully saturated rings. The van der Waals surface area contributed by atoms with E-state index in [1.54, 1.807) is 18.0 Å². The first kappa shape index (κ1) is 12.7. The van der Waals surface area contributed by atoms with Crippen LogP contribution < -0.4 is 0 Å². The van der Waals surface area contributed by atoms with Crippen molar-refractivity contribution in [1.82, 2.24) is 4.90 Å². The molecule has 0 spiro atoms. The van der Waals surface area contributed by atoms with Gasteiger partial charge in [-0.15, -0.1) is 0 Å². The molecule has 0 aliphatic rings. The van der Waals surface area contributed by atoms with E-state index in [4.69, 9.17) is 0 Å². The molecule has 0 rings (SSSR count). The Morgan fingerprint density at radius 3 is 2.36 bits per heavy atom. The first-order chi connectivity index (χ1) is 6.52. The monoisotopic (exact) mass is 199 g/mol. The van der Waals surface area contributed by atoms with Crippen LogP contribution in [0, 0.1) is 5.92 Å². The molecule has 14 heavy (non-hydrogen) atoms. The molecule has 0 N–H and O–H groups in total. The van der Waals surface area contributed by atoms with E-state index in [9.17, 15) is 9.59 Å². The maximum atomic E-state index is 11.5. The van der Waals surface area contributed by atoms with Gasteiger partial charge in [0.1, 0.15) is 5.92 Å². The quantitative estimate of drug-likeness (QED) is 0.374. The third-order valence-corrected chi connectivity index (χ3v) is 1.77. The fourth-order valence-electron chi connectivity index (χ4n) is 0.965. The van der Waals surface area contributed by atoms with Crippen LogP contribution in [0.1, 0.15) is 13.3 Å². The number of carbonyl (C=O) groups is 2. The van der Waals surface area contributed by atoms with Crippen molar-refractivity contribution in [2.24, 2.45) is 5.92 Å². The predicted octanol–water partition coefficient (Wildman–Crippen LogP) is 0.830. The third-order valence-electron chi connectivity index (χ3n) is 1.77. The second-order valence-corrected chi connectivity index (χ2v) is 3.17. The summed E-state index contributed by atoms with van der Waals surface area (Å²) in [5.41, 5.74) is 0. The van der Waals surface area contributed by atoms with E-state index in [2.05, 4.69) is 4.74 Å². The van der Waals surface area contributed by atoms with Crippen LogP contribution >= 0.6 is 0 Å². The summed E-state index contributed by atoms with van der Waals surface area (Å²) in [5, 5.41) is 0. The van der Waals surface area contributed by atoms with Gasteiger partial charge in [-0.25, -0.2) is 0 Å². The molecule has 0 aliphatic heterocycles. The second-order valence-electron chi connectivity index (χ2n) is 3.17. The summed E-state index contributed by atoms with van der Waals surface area (Å²) >= 11 is 0. The van der Waals surface area contributed by atoms with Crippen molar-refractivity contribution in [3.63, 3.8) is 0 Å². The highest BCUT2D eigenvalue weighted by Gasteiger charge is 2.23. The molecule has 0 aromatic heterocycles. The molecule has 4 nitrogen and oxygen atoms in total. The lowest BCUT2D eigenvalue weighted by Gasteiger charge is -2.09. The average molecular weight is 199 g/mol. The van der Waals surface area contributed by atoms with Gasteiger partial charge >= 0.3 is 5.97 Å². The molecule has 0 saturated heterocycles. The molecule has 80 valence electrons. The van der Waals surface area contributed by atoms with Crippen LogP contribution in [0.25, 0.3) is 0 Å². The fraction of sp³-hybridized carbons (Fsp3) is 0.600. The van der Waals surface area contributed by atoms with E-state index in [0.717, 1.165) is 0 Å². The van der Waals surface area contributed by atoms with Crippen LogP contribution in [0.3, 0.4) is 0 Å². The standard InChI is InChI=1S/C10H17NO3/c1-5-8(10(13)14-4)9(12)6-7-11(2)3/h6-8H,5H2,1-4H3/b7-6+. The Bertz CT molecular complexity index is 234. The molecule has 0 saturated carbocycles. The largest absolute Gasteiger partial charge is 0.468 e. The molecule has 0 heterocycles. The zero-order chi connectivity index (χ0) is 11.1. The Labute approximate surface area is 84.5 Å². The first-order valence-electron chi connectivity index (χ1n) is 4.49. The SMILES string of the molecule is CCC(C(=O)/C=C/N(C)C)C(=O)OC. The average Bonchev–Trinajstić information content (AvgIpc) is 2.15. The van der Waals surface area contributed by atoms with Crippen molar-refractivity contribution in [2.45, 2.75) is 13.3 Å². The van der Waals surface area contributed by atoms with E-state index in [0.29, 0.717) is 6.42 Å². The molecule has 0 bridgehead atoms. The molecule has 0 aromatic carbocycles. The molecule has 0 aromatic rings. The van der Waals surface area contributed by atoms with E-state index < -0.39 is 11.9 Å². The van der Waals surface area contributed by atoms with Crippen molar-refractivity contribution in [2.75, 3.05) is 21.2 Å². The summed E-state index contributed by atoms with van der Waals surface area (Å²) in [5.74, 6) is -1.36. The summed E-state index contributed by atoms with van der Waals surface area (Å²) in [6, 6.07) is 0. The Morgan fingerprint density at radius 1 is 1.43 bits per heavy atom. The molecule has 0 aliphatic carbocycles. The Kier molecular flexibility index (Phi) is 5.60. The normalized spacial score (nSPS) is 12.6. The maximum absolute atomic E-state index is 11.5. The van der Waals surface area contributed by atoms with Crippen molar-refractivity contribution >= 4 is 11.8 Å². The second kappa shape index (κ2) is 6.18. The van der Waals surface area contributed by atoms with Crippen LogP contribution in [0.2, 0.25) is 0 Å². The number of allylic oxidation sites excluding steroid dienone is 1. The van der Waals surface area contributed by atoms with Gasteiger partial charge in [-0.2, -0.15) is 0 Å². The maximum Gasteiger partial charge on any atom is 0.316 e. The summed E-state index contributed by atoms with van der Waals surface area (Å²) in [6.45, 7) is 1.78. The first-order valence-corrected chi connectivity index (χ1v) is 4.49. The summed E-state index contributed by atoms with van der Waals surface area (Å²) < 4.78 is 4.52. The number of hydrogen-bond acceptors (Lipinski definition) is 4. The van der Waals surface area contributed by atoms with Crippen LogP contribution in [0.5, 0.6) is 0 Å². The fourth-order valence-corrected chi connectivity index (χ4v) is 0.965. The van der Waals surface area contributed by atoms with Crippen LogP contribution in [0.15, 0.2) is 12.3 Å². The lowest BCUT2D eigenvalue weighted by molar-refractivity contribution is -0.148. The van der Waals surface area contributed by atoms with Gasteiger partial charge in [0.05, 0.1) is 7.11 Å². The zero-order valence-electron chi connectivity index (χ0n) is 9.11. The van der Waals surface area contributed by atoms with E-state index in [1.165, 1.54) is 13.2 Å². The topological polar surface area (TPSA) is 46.6 Å². The van der Waals surface area contributed by atoms with Gasteiger partial charge in [-0.3, -0.25) is 9.59 Å². The van der Waals surface area contributed by atoms with Gasteiger partial charge < -0.3 is 9.64 Å². The van der Waals surface area contributed by atoms with Crippen molar-refractivity contribution < 1.29 is 14.3 Å². The molecule has 0 radical (unpaired) electrons. The van der Waals surface area contributed by atoms with Gasteiger partial charge in [-0.05, 0) is 12.5 Å². The van der Waals surface area contributed by atoms with Gasteiger partial charge in [-0.1, -0.05) is 6.92 Å². The van der Waals surface area contributed by atoms with Gasteiger partial charge in [0.2, 0.25) is 0 Å². The summed E-state index contributed by atoms with van der Waals surface area (Å²) in [7, 11) is 4.90. The van der Waals surface area contributed by atoms with Crippen LogP contribution in [0.4, 0.5) is 0 Å². The number of ether oxygens (including phenoxy) is 1. The number of esters is 1. The van der Waals surface area contributed by atoms with Crippen LogP contribution in [-0.2, 0) is 14.3 Å². The lowest BCUT2D eigenvalue weighted by Crippen LogP contribution is -2.23. The minimum absolute atomic E-state index is 0.215. The molecule has 1 unspecified atom stereocenters. The van der Waals surface area contributed by atoms with E-state index in [-0.39, 0.29) is 5.78 Å². The third kappa shape index (κ3) is 4.07. The van der Waals surface area contributed by atoms with Gasteiger partial charge in [0.25, 0.3) is 0 Å². The van der Waals surface area contributed by atoms with Gasteiger partial charge in [0, 0.05) is 20.3 Å². The number of nitrogens with zero attached hydrogens (tertiary/aromatic N) is 1. The predicted molar refractivity (Wildman–Crippen MR) is 53.6 cm³/mol. The minimum atomic E-state index is -0.670. The molecule has 4 heteroatoms. The summed E-state index contributed by atoms with van der Waals surface area (Å²) in [6.07, 6.45) is 3.47. The molecular weight excluding hydrogens is 182 g/mol. The minimum Gasteiger partial charge on any atom is -0.468 e. The zero-order valence-corrected chi connectivity index (χ0v) is 9.11.